The second kappa shape index (κ2) is 10.9. The summed E-state index contributed by atoms with van der Waals surface area (Å²) in [5.74, 6) is 0.754. The van der Waals surface area contributed by atoms with Gasteiger partial charge in [-0.2, -0.15) is 0 Å². The predicted octanol–water partition coefficient (Wildman–Crippen LogP) is 5.09. The standard InChI is InChI=1S/C22H21Cl2NO5S/c1-2-3-14-9-17(23)18(24)10-19(14)30-12-15(26)11-29-16-6-4-13(5-7-16)8-20-21(27)25-22(28)31-20/h4-10,15,26H,2-3,11-12H2,1H3,(H,25,27,28)/b20-8-. The number of amides is 2. The van der Waals surface area contributed by atoms with Crippen molar-refractivity contribution in [3.63, 3.8) is 0 Å². The summed E-state index contributed by atoms with van der Waals surface area (Å²) in [7, 11) is 0. The molecule has 6 nitrogen and oxygen atoms in total. The van der Waals surface area contributed by atoms with Crippen LogP contribution in [0.5, 0.6) is 11.5 Å². The Bertz CT molecular complexity index is 994. The molecule has 0 bridgehead atoms. The summed E-state index contributed by atoms with van der Waals surface area (Å²) in [6.45, 7) is 2.13. The van der Waals surface area contributed by atoms with Gasteiger partial charge in [0.1, 0.15) is 30.8 Å². The van der Waals surface area contributed by atoms with E-state index in [4.69, 9.17) is 32.7 Å². The number of hydrogen-bond acceptors (Lipinski definition) is 6. The third-order valence-corrected chi connectivity index (χ3v) is 5.85. The van der Waals surface area contributed by atoms with Crippen molar-refractivity contribution >= 4 is 52.2 Å². The van der Waals surface area contributed by atoms with E-state index in [-0.39, 0.29) is 18.5 Å². The highest BCUT2D eigenvalue weighted by Gasteiger charge is 2.24. The number of rotatable bonds is 9. The lowest BCUT2D eigenvalue weighted by Crippen LogP contribution is -2.25. The van der Waals surface area contributed by atoms with Gasteiger partial charge in [-0.3, -0.25) is 14.9 Å². The minimum absolute atomic E-state index is 0.0393. The normalized spacial score (nSPS) is 15.8. The number of benzene rings is 2. The number of halogens is 2. The molecule has 0 aliphatic carbocycles. The van der Waals surface area contributed by atoms with Gasteiger partial charge in [-0.05, 0) is 53.6 Å². The van der Waals surface area contributed by atoms with E-state index < -0.39 is 12.0 Å². The molecule has 2 aromatic rings. The van der Waals surface area contributed by atoms with Gasteiger partial charge in [-0.25, -0.2) is 0 Å². The number of carbonyl (C=O) groups is 2. The first kappa shape index (κ1) is 23.5. The first-order chi connectivity index (χ1) is 14.9. The summed E-state index contributed by atoms with van der Waals surface area (Å²) in [5.41, 5.74) is 1.69. The number of aliphatic hydroxyl groups is 1. The average Bonchev–Trinajstić information content (AvgIpc) is 3.05. The Morgan fingerprint density at radius 3 is 2.42 bits per heavy atom. The number of thioether (sulfide) groups is 1. The van der Waals surface area contributed by atoms with E-state index in [0.717, 1.165) is 35.7 Å². The van der Waals surface area contributed by atoms with Gasteiger partial charge in [-0.15, -0.1) is 0 Å². The van der Waals surface area contributed by atoms with Crippen molar-refractivity contribution in [2.45, 2.75) is 25.9 Å². The molecule has 9 heteroatoms. The van der Waals surface area contributed by atoms with Crippen LogP contribution in [0.1, 0.15) is 24.5 Å². The fraction of sp³-hybridized carbons (Fsp3) is 0.273. The Kier molecular flexibility index (Phi) is 8.26. The molecule has 0 radical (unpaired) electrons. The SMILES string of the molecule is CCCc1cc(Cl)c(Cl)cc1OCC(O)COc1ccc(/C=C2\SC(=O)NC2=O)cc1. The van der Waals surface area contributed by atoms with E-state index in [2.05, 4.69) is 12.2 Å². The molecule has 1 heterocycles. The highest BCUT2D eigenvalue weighted by atomic mass is 35.5. The maximum atomic E-state index is 11.6. The van der Waals surface area contributed by atoms with Crippen LogP contribution in [-0.4, -0.2) is 35.6 Å². The molecule has 1 saturated heterocycles. The minimum Gasteiger partial charge on any atom is -0.491 e. The Morgan fingerprint density at radius 2 is 1.77 bits per heavy atom. The maximum Gasteiger partial charge on any atom is 0.290 e. The molecule has 1 atom stereocenters. The molecule has 31 heavy (non-hydrogen) atoms. The molecule has 164 valence electrons. The third-order valence-electron chi connectivity index (χ3n) is 4.32. The fourth-order valence-corrected chi connectivity index (χ4v) is 3.85. The lowest BCUT2D eigenvalue weighted by Gasteiger charge is -2.16. The van der Waals surface area contributed by atoms with Gasteiger partial charge in [-0.1, -0.05) is 48.7 Å². The molecule has 2 N–H and O–H groups in total. The second-order valence-electron chi connectivity index (χ2n) is 6.82. The van der Waals surface area contributed by atoms with E-state index in [9.17, 15) is 14.7 Å². The van der Waals surface area contributed by atoms with Crippen molar-refractivity contribution in [3.8, 4) is 11.5 Å². The van der Waals surface area contributed by atoms with Crippen LogP contribution in [0.25, 0.3) is 6.08 Å². The molecule has 0 saturated carbocycles. The molecule has 3 rings (SSSR count). The Labute approximate surface area is 194 Å². The summed E-state index contributed by atoms with van der Waals surface area (Å²) < 4.78 is 11.3. The van der Waals surface area contributed by atoms with Crippen LogP contribution in [0.4, 0.5) is 4.79 Å². The monoisotopic (exact) mass is 481 g/mol. The summed E-state index contributed by atoms with van der Waals surface area (Å²) in [6.07, 6.45) is 2.49. The quantitative estimate of drug-likeness (QED) is 0.485. The van der Waals surface area contributed by atoms with Crippen LogP contribution >= 0.6 is 35.0 Å². The van der Waals surface area contributed by atoms with Gasteiger partial charge in [0.2, 0.25) is 0 Å². The van der Waals surface area contributed by atoms with Crippen molar-refractivity contribution in [1.82, 2.24) is 5.32 Å². The maximum absolute atomic E-state index is 11.6. The topological polar surface area (TPSA) is 84.9 Å². The number of carbonyl (C=O) groups excluding carboxylic acids is 2. The van der Waals surface area contributed by atoms with Crippen LogP contribution in [-0.2, 0) is 11.2 Å². The smallest absolute Gasteiger partial charge is 0.290 e. The van der Waals surface area contributed by atoms with Gasteiger partial charge < -0.3 is 14.6 Å². The zero-order valence-corrected chi connectivity index (χ0v) is 19.0. The number of aryl methyl sites for hydroxylation is 1. The van der Waals surface area contributed by atoms with Crippen LogP contribution in [0, 0.1) is 0 Å². The van der Waals surface area contributed by atoms with Crippen molar-refractivity contribution in [1.29, 1.82) is 0 Å². The summed E-state index contributed by atoms with van der Waals surface area (Å²) >= 11 is 13.0. The molecule has 0 aromatic heterocycles. The summed E-state index contributed by atoms with van der Waals surface area (Å²) in [4.78, 5) is 23.1. The van der Waals surface area contributed by atoms with Crippen LogP contribution < -0.4 is 14.8 Å². The lowest BCUT2D eigenvalue weighted by molar-refractivity contribution is -0.115. The molecule has 0 spiro atoms. The van der Waals surface area contributed by atoms with Gasteiger partial charge >= 0.3 is 0 Å². The number of imide groups is 1. The molecule has 1 aliphatic rings. The van der Waals surface area contributed by atoms with Crippen molar-refractivity contribution in [2.75, 3.05) is 13.2 Å². The molecule has 2 aromatic carbocycles. The molecule has 1 fully saturated rings. The second-order valence-corrected chi connectivity index (χ2v) is 8.65. The molecule has 1 unspecified atom stereocenters. The van der Waals surface area contributed by atoms with E-state index in [1.807, 2.05) is 0 Å². The molecular formula is C22H21Cl2NO5S. The number of ether oxygens (including phenoxy) is 2. The van der Waals surface area contributed by atoms with Crippen molar-refractivity contribution in [3.05, 3.63) is 62.5 Å². The van der Waals surface area contributed by atoms with E-state index in [1.54, 1.807) is 42.5 Å². The predicted molar refractivity (Wildman–Crippen MR) is 123 cm³/mol. The Balaban J connectivity index is 1.52. The molecular weight excluding hydrogens is 461 g/mol. The van der Waals surface area contributed by atoms with Crippen LogP contribution in [0.2, 0.25) is 10.0 Å². The summed E-state index contributed by atoms with van der Waals surface area (Å²) in [6, 6.07) is 10.4. The number of aliphatic hydroxyl groups excluding tert-OH is 1. The van der Waals surface area contributed by atoms with Crippen LogP contribution in [0.3, 0.4) is 0 Å². The minimum atomic E-state index is -0.852. The zero-order valence-electron chi connectivity index (χ0n) is 16.7. The summed E-state index contributed by atoms with van der Waals surface area (Å²) in [5, 5.41) is 12.9. The zero-order chi connectivity index (χ0) is 22.4. The van der Waals surface area contributed by atoms with E-state index in [1.165, 1.54) is 0 Å². The average molecular weight is 482 g/mol. The van der Waals surface area contributed by atoms with Gasteiger partial charge in [0.25, 0.3) is 11.1 Å². The fourth-order valence-electron chi connectivity index (χ4n) is 2.83. The van der Waals surface area contributed by atoms with Gasteiger partial charge in [0, 0.05) is 6.07 Å². The number of hydrogen-bond donors (Lipinski definition) is 2. The van der Waals surface area contributed by atoms with Gasteiger partial charge in [0.15, 0.2) is 0 Å². The highest BCUT2D eigenvalue weighted by Crippen LogP contribution is 2.31. The Morgan fingerprint density at radius 1 is 1.10 bits per heavy atom. The highest BCUT2D eigenvalue weighted by molar-refractivity contribution is 8.18. The largest absolute Gasteiger partial charge is 0.491 e. The first-order valence-electron chi connectivity index (χ1n) is 9.62. The van der Waals surface area contributed by atoms with Gasteiger partial charge in [0.05, 0.1) is 15.0 Å². The number of nitrogens with one attached hydrogen (secondary N) is 1. The third kappa shape index (κ3) is 6.64. The van der Waals surface area contributed by atoms with Crippen molar-refractivity contribution in [2.24, 2.45) is 0 Å². The molecule has 1 aliphatic heterocycles. The lowest BCUT2D eigenvalue weighted by atomic mass is 10.1. The van der Waals surface area contributed by atoms with E-state index >= 15 is 0 Å². The van der Waals surface area contributed by atoms with Crippen LogP contribution in [0.15, 0.2) is 41.3 Å². The van der Waals surface area contributed by atoms with E-state index in [0.29, 0.717) is 26.4 Å². The Hall–Kier alpha value is -2.19. The van der Waals surface area contributed by atoms with Crippen molar-refractivity contribution < 1.29 is 24.2 Å². The first-order valence-corrected chi connectivity index (χ1v) is 11.2. The molecule has 2 amide bonds.